The predicted octanol–water partition coefficient (Wildman–Crippen LogP) is 0.286. The fraction of sp³-hybridized carbons (Fsp3) is 0.800. The van der Waals surface area contributed by atoms with Gasteiger partial charge < -0.3 is 10.0 Å². The van der Waals surface area contributed by atoms with Crippen LogP contribution in [0.4, 0.5) is 0 Å². The summed E-state index contributed by atoms with van der Waals surface area (Å²) in [4.78, 5) is 10.0. The van der Waals surface area contributed by atoms with Crippen LogP contribution in [0.3, 0.4) is 0 Å². The minimum absolute atomic E-state index is 0.391. The third kappa shape index (κ3) is 4.44. The third-order valence-electron chi connectivity index (χ3n) is 0.963. The van der Waals surface area contributed by atoms with Gasteiger partial charge in [-0.15, -0.1) is 0 Å². The molecule has 0 radical (unpaired) electrons. The summed E-state index contributed by atoms with van der Waals surface area (Å²) in [7, 11) is 0. The number of carbonyl (C=O) groups excluding carboxylic acids is 1. The molecule has 54 valence electrons. The van der Waals surface area contributed by atoms with Gasteiger partial charge in [-0.3, -0.25) is 0 Å². The zero-order chi connectivity index (χ0) is 7.11. The lowest BCUT2D eigenvalue weighted by Crippen LogP contribution is -2.27. The lowest BCUT2D eigenvalue weighted by atomic mass is 10.3. The van der Waals surface area contributed by atoms with Crippen molar-refractivity contribution < 1.29 is 10.0 Å². The van der Waals surface area contributed by atoms with E-state index in [1.165, 1.54) is 0 Å². The number of nitrogens with one attached hydrogen (secondary N) is 1. The smallest absolute Gasteiger partial charge is 0.139 e. The maximum atomic E-state index is 10.0. The number of rotatable bonds is 5. The fourth-order valence-corrected chi connectivity index (χ4v) is 0.897. The van der Waals surface area contributed by atoms with Crippen molar-refractivity contribution in [2.75, 3.05) is 12.0 Å². The summed E-state index contributed by atoms with van der Waals surface area (Å²) < 4.78 is 0. The Kier molecular flexibility index (Phi) is 6.03. The van der Waals surface area contributed by atoms with E-state index in [0.717, 1.165) is 5.75 Å². The van der Waals surface area contributed by atoms with Crippen LogP contribution in [0, 0.1) is 0 Å². The molecule has 0 aliphatic carbocycles. The Balaban J connectivity index is 3.20. The summed E-state index contributed by atoms with van der Waals surface area (Å²) in [5, 5.41) is 8.26. The van der Waals surface area contributed by atoms with Crippen molar-refractivity contribution in [3.05, 3.63) is 0 Å². The van der Waals surface area contributed by atoms with Crippen LogP contribution in [0.1, 0.15) is 6.42 Å². The van der Waals surface area contributed by atoms with Gasteiger partial charge in [0.2, 0.25) is 0 Å². The quantitative estimate of drug-likeness (QED) is 0.435. The summed E-state index contributed by atoms with van der Waals surface area (Å²) in [6.45, 7) is 0. The Labute approximate surface area is 58.8 Å². The molecule has 0 amide bonds. The monoisotopic (exact) mass is 149 g/mol. The number of carbonyl (C=O) groups is 1. The van der Waals surface area contributed by atoms with Gasteiger partial charge in [0.15, 0.2) is 0 Å². The number of hydrogen-bond acceptors (Lipinski definition) is 4. The summed E-state index contributed by atoms with van der Waals surface area (Å²) in [5.74, 6) is 0.886. The molecule has 4 heteroatoms. The van der Waals surface area contributed by atoms with E-state index in [4.69, 9.17) is 5.21 Å². The van der Waals surface area contributed by atoms with Crippen LogP contribution in [0.5, 0.6) is 0 Å². The van der Waals surface area contributed by atoms with Gasteiger partial charge in [-0.05, 0) is 18.4 Å². The van der Waals surface area contributed by atoms with Gasteiger partial charge in [-0.2, -0.15) is 17.2 Å². The van der Waals surface area contributed by atoms with Gasteiger partial charge in [-0.1, -0.05) is 0 Å². The molecule has 0 aromatic rings. The minimum Gasteiger partial charge on any atom is -0.316 e. The molecule has 0 bridgehead atoms. The van der Waals surface area contributed by atoms with Crippen molar-refractivity contribution in [3.63, 3.8) is 0 Å². The van der Waals surface area contributed by atoms with E-state index >= 15 is 0 Å². The summed E-state index contributed by atoms with van der Waals surface area (Å²) in [6, 6.07) is -0.391. The van der Waals surface area contributed by atoms with Crippen molar-refractivity contribution in [1.82, 2.24) is 5.48 Å². The van der Waals surface area contributed by atoms with Crippen molar-refractivity contribution in [1.29, 1.82) is 0 Å². The summed E-state index contributed by atoms with van der Waals surface area (Å²) >= 11 is 1.65. The van der Waals surface area contributed by atoms with Crippen molar-refractivity contribution >= 4 is 18.0 Å². The van der Waals surface area contributed by atoms with Crippen molar-refractivity contribution in [2.24, 2.45) is 0 Å². The molecule has 0 heterocycles. The van der Waals surface area contributed by atoms with E-state index < -0.39 is 6.04 Å². The summed E-state index contributed by atoms with van der Waals surface area (Å²) in [6.07, 6.45) is 3.34. The van der Waals surface area contributed by atoms with E-state index in [1.54, 1.807) is 11.8 Å². The Morgan fingerprint density at radius 2 is 2.56 bits per heavy atom. The highest BCUT2D eigenvalue weighted by Gasteiger charge is 2.01. The standard InChI is InChI=1S/C5H11NO2S/c1-9-3-2-5(4-7)6-8/h4-6,8H,2-3H2,1H3/t5-/m0/s1. The second kappa shape index (κ2) is 6.07. The van der Waals surface area contributed by atoms with E-state index in [0.29, 0.717) is 12.7 Å². The molecule has 1 atom stereocenters. The van der Waals surface area contributed by atoms with Crippen LogP contribution in [0.2, 0.25) is 0 Å². The second-order valence-electron chi connectivity index (χ2n) is 1.65. The molecule has 2 N–H and O–H groups in total. The lowest BCUT2D eigenvalue weighted by molar-refractivity contribution is -0.111. The zero-order valence-electron chi connectivity index (χ0n) is 5.33. The highest BCUT2D eigenvalue weighted by molar-refractivity contribution is 7.98. The molecule has 0 aliphatic heterocycles. The van der Waals surface area contributed by atoms with Crippen LogP contribution in [-0.4, -0.2) is 29.5 Å². The molecule has 0 aromatic heterocycles. The van der Waals surface area contributed by atoms with Gasteiger partial charge in [0, 0.05) is 0 Å². The van der Waals surface area contributed by atoms with Crippen LogP contribution < -0.4 is 5.48 Å². The van der Waals surface area contributed by atoms with Crippen LogP contribution in [0.15, 0.2) is 0 Å². The molecule has 9 heavy (non-hydrogen) atoms. The molecule has 0 aliphatic rings. The van der Waals surface area contributed by atoms with Gasteiger partial charge in [0.1, 0.15) is 6.29 Å². The molecule has 0 fully saturated rings. The number of hydrogen-bond donors (Lipinski definition) is 2. The molecule has 0 rings (SSSR count). The first-order valence-electron chi connectivity index (χ1n) is 2.69. The normalized spacial score (nSPS) is 13.1. The Bertz CT molecular complexity index is 79.4. The maximum absolute atomic E-state index is 10.0. The maximum Gasteiger partial charge on any atom is 0.139 e. The molecule has 0 saturated heterocycles. The average Bonchev–Trinajstić information content (AvgIpc) is 1.91. The Hall–Kier alpha value is -0.0600. The first kappa shape index (κ1) is 8.94. The first-order valence-corrected chi connectivity index (χ1v) is 4.08. The second-order valence-corrected chi connectivity index (χ2v) is 2.64. The van der Waals surface area contributed by atoms with Crippen molar-refractivity contribution in [2.45, 2.75) is 12.5 Å². The van der Waals surface area contributed by atoms with Crippen LogP contribution >= 0.6 is 11.8 Å². The largest absolute Gasteiger partial charge is 0.316 e. The molecule has 0 unspecified atom stereocenters. The van der Waals surface area contributed by atoms with Crippen LogP contribution in [-0.2, 0) is 4.79 Å². The average molecular weight is 149 g/mol. The van der Waals surface area contributed by atoms with Gasteiger partial charge >= 0.3 is 0 Å². The molecule has 0 spiro atoms. The predicted molar refractivity (Wildman–Crippen MR) is 37.8 cm³/mol. The Morgan fingerprint density at radius 1 is 1.89 bits per heavy atom. The number of thioether (sulfide) groups is 1. The summed E-state index contributed by atoms with van der Waals surface area (Å²) in [5.41, 5.74) is 1.91. The van der Waals surface area contributed by atoms with Gasteiger partial charge in [0.25, 0.3) is 0 Å². The Morgan fingerprint density at radius 3 is 2.89 bits per heavy atom. The molecular weight excluding hydrogens is 138 g/mol. The van der Waals surface area contributed by atoms with Crippen LogP contribution in [0.25, 0.3) is 0 Å². The molecule has 0 saturated carbocycles. The highest BCUT2D eigenvalue weighted by Crippen LogP contribution is 1.97. The zero-order valence-corrected chi connectivity index (χ0v) is 6.15. The van der Waals surface area contributed by atoms with Gasteiger partial charge in [-0.25, -0.2) is 0 Å². The van der Waals surface area contributed by atoms with E-state index in [1.807, 2.05) is 11.7 Å². The first-order chi connectivity index (χ1) is 4.35. The molecule has 0 aromatic carbocycles. The number of aldehydes is 1. The van der Waals surface area contributed by atoms with E-state index in [-0.39, 0.29) is 0 Å². The highest BCUT2D eigenvalue weighted by atomic mass is 32.2. The molecular formula is C5H11NO2S. The SMILES string of the molecule is CSCC[C@@H](C=O)NO. The minimum atomic E-state index is -0.391. The topological polar surface area (TPSA) is 49.3 Å². The third-order valence-corrected chi connectivity index (χ3v) is 1.61. The van der Waals surface area contributed by atoms with Crippen molar-refractivity contribution in [3.8, 4) is 0 Å². The van der Waals surface area contributed by atoms with E-state index in [2.05, 4.69) is 0 Å². The molecule has 3 nitrogen and oxygen atoms in total. The fourth-order valence-electron chi connectivity index (χ4n) is 0.408. The van der Waals surface area contributed by atoms with Gasteiger partial charge in [0.05, 0.1) is 6.04 Å². The van der Waals surface area contributed by atoms with E-state index in [9.17, 15) is 4.79 Å². The lowest BCUT2D eigenvalue weighted by Gasteiger charge is -2.04. The number of hydroxylamine groups is 1.